The van der Waals surface area contributed by atoms with Crippen LogP contribution in [0.4, 0.5) is 0 Å². The molecule has 118 valence electrons. The Morgan fingerprint density at radius 2 is 2.30 bits per heavy atom. The average Bonchev–Trinajstić information content (AvgIpc) is 3.07. The van der Waals surface area contributed by atoms with Crippen molar-refractivity contribution < 1.29 is 4.79 Å². The molecule has 2 aromatic heterocycles. The number of piperidine rings is 1. The largest absolute Gasteiger partial charge is 0.332 e. The Kier molecular flexibility index (Phi) is 4.38. The molecule has 0 saturated carbocycles. The van der Waals surface area contributed by atoms with E-state index in [1.54, 1.807) is 25.3 Å². The fourth-order valence-corrected chi connectivity index (χ4v) is 3.03. The lowest BCUT2D eigenvalue weighted by Crippen LogP contribution is -2.46. The molecule has 1 unspecified atom stereocenters. The topological polar surface area (TPSA) is 74.8 Å². The first-order chi connectivity index (χ1) is 11.2. The highest BCUT2D eigenvalue weighted by Gasteiger charge is 2.28. The summed E-state index contributed by atoms with van der Waals surface area (Å²) >= 11 is 0. The van der Waals surface area contributed by atoms with Crippen molar-refractivity contribution in [2.45, 2.75) is 38.8 Å². The summed E-state index contributed by atoms with van der Waals surface area (Å²) in [6.07, 6.45) is 6.77. The summed E-state index contributed by atoms with van der Waals surface area (Å²) in [5.41, 5.74) is 1.51. The van der Waals surface area contributed by atoms with Crippen LogP contribution in [0.2, 0.25) is 0 Å². The number of nitrogens with zero attached hydrogens (tertiary/aromatic N) is 5. The molecule has 1 atom stereocenters. The van der Waals surface area contributed by atoms with Gasteiger partial charge in [-0.15, -0.1) is 0 Å². The summed E-state index contributed by atoms with van der Waals surface area (Å²) in [5, 5.41) is 13.2. The van der Waals surface area contributed by atoms with E-state index in [1.165, 1.54) is 0 Å². The number of amides is 1. The van der Waals surface area contributed by atoms with Crippen LogP contribution < -0.4 is 0 Å². The zero-order valence-corrected chi connectivity index (χ0v) is 13.1. The van der Waals surface area contributed by atoms with Crippen molar-refractivity contribution in [2.75, 3.05) is 6.54 Å². The van der Waals surface area contributed by atoms with Crippen LogP contribution >= 0.6 is 0 Å². The monoisotopic (exact) mass is 309 g/mol. The Morgan fingerprint density at radius 1 is 1.43 bits per heavy atom. The van der Waals surface area contributed by atoms with Gasteiger partial charge in [0.1, 0.15) is 11.8 Å². The first-order valence-corrected chi connectivity index (χ1v) is 7.85. The maximum absolute atomic E-state index is 12.8. The molecule has 0 radical (unpaired) electrons. The van der Waals surface area contributed by atoms with E-state index in [2.05, 4.69) is 16.2 Å². The van der Waals surface area contributed by atoms with Crippen molar-refractivity contribution in [1.82, 2.24) is 19.7 Å². The molecule has 1 aliphatic heterocycles. The van der Waals surface area contributed by atoms with Crippen molar-refractivity contribution in [3.8, 4) is 6.07 Å². The van der Waals surface area contributed by atoms with Crippen LogP contribution in [0.5, 0.6) is 0 Å². The number of likely N-dealkylation sites (tertiary alicyclic amines) is 1. The molecule has 3 rings (SSSR count). The van der Waals surface area contributed by atoms with Crippen molar-refractivity contribution in [3.63, 3.8) is 0 Å². The maximum Gasteiger partial charge on any atom is 0.272 e. The minimum Gasteiger partial charge on any atom is -0.332 e. The first-order valence-electron chi connectivity index (χ1n) is 7.85. The van der Waals surface area contributed by atoms with E-state index < -0.39 is 0 Å². The molecule has 6 nitrogen and oxygen atoms in total. The summed E-state index contributed by atoms with van der Waals surface area (Å²) in [5.74, 6) is -0.0607. The molecule has 1 aliphatic rings. The molecule has 6 heteroatoms. The number of aromatic nitrogens is 3. The Morgan fingerprint density at radius 3 is 3.00 bits per heavy atom. The number of hydrogen-bond donors (Lipinski definition) is 0. The number of pyridine rings is 1. The molecule has 0 aromatic carbocycles. The predicted octanol–water partition coefficient (Wildman–Crippen LogP) is 2.15. The van der Waals surface area contributed by atoms with E-state index in [4.69, 9.17) is 5.26 Å². The third-order valence-corrected chi connectivity index (χ3v) is 4.27. The van der Waals surface area contributed by atoms with Crippen molar-refractivity contribution >= 4 is 5.91 Å². The Balaban J connectivity index is 1.81. The number of hydrogen-bond acceptors (Lipinski definition) is 4. The average molecular weight is 309 g/mol. The summed E-state index contributed by atoms with van der Waals surface area (Å²) in [4.78, 5) is 19.1. The standard InChI is InChI=1S/C17H19N5O/c1-13-14(11-18)6-7-16(20-13)17(23)22-10-3-2-5-15(22)12-21-9-4-8-19-21/h4,6-9,15H,2-3,5,10,12H2,1H3. The van der Waals surface area contributed by atoms with Gasteiger partial charge in [-0.25, -0.2) is 4.98 Å². The zero-order valence-electron chi connectivity index (χ0n) is 13.1. The van der Waals surface area contributed by atoms with Gasteiger partial charge in [-0.2, -0.15) is 10.4 Å². The van der Waals surface area contributed by atoms with E-state index in [9.17, 15) is 4.79 Å². The zero-order chi connectivity index (χ0) is 16.2. The lowest BCUT2D eigenvalue weighted by molar-refractivity contribution is 0.0577. The summed E-state index contributed by atoms with van der Waals surface area (Å²) < 4.78 is 1.87. The lowest BCUT2D eigenvalue weighted by atomic mass is 10.0. The Hall–Kier alpha value is -2.68. The van der Waals surface area contributed by atoms with Gasteiger partial charge >= 0.3 is 0 Å². The first kappa shape index (κ1) is 15.2. The van der Waals surface area contributed by atoms with Crippen molar-refractivity contribution in [1.29, 1.82) is 5.26 Å². The third kappa shape index (κ3) is 3.24. The maximum atomic E-state index is 12.8. The van der Waals surface area contributed by atoms with Gasteiger partial charge in [-0.1, -0.05) is 0 Å². The quantitative estimate of drug-likeness (QED) is 0.870. The molecule has 0 N–H and O–H groups in total. The molecule has 23 heavy (non-hydrogen) atoms. The van der Waals surface area contributed by atoms with Crippen LogP contribution in [0.1, 0.15) is 41.0 Å². The van der Waals surface area contributed by atoms with Gasteiger partial charge in [-0.05, 0) is 44.4 Å². The van der Waals surface area contributed by atoms with Crippen LogP contribution in [0.25, 0.3) is 0 Å². The highest BCUT2D eigenvalue weighted by atomic mass is 16.2. The second-order valence-electron chi connectivity index (χ2n) is 5.82. The summed E-state index contributed by atoms with van der Waals surface area (Å²) in [6, 6.07) is 7.42. The molecule has 3 heterocycles. The van der Waals surface area contributed by atoms with Crippen LogP contribution in [0.3, 0.4) is 0 Å². The van der Waals surface area contributed by atoms with Gasteiger partial charge in [0.25, 0.3) is 5.91 Å². The number of carbonyl (C=O) groups is 1. The van der Waals surface area contributed by atoms with Gasteiger partial charge in [0.05, 0.1) is 23.8 Å². The highest BCUT2D eigenvalue weighted by molar-refractivity contribution is 5.92. The number of aryl methyl sites for hydroxylation is 1. The van der Waals surface area contributed by atoms with Crippen LogP contribution in [-0.4, -0.2) is 38.2 Å². The van der Waals surface area contributed by atoms with Crippen LogP contribution in [-0.2, 0) is 6.54 Å². The van der Waals surface area contributed by atoms with Gasteiger partial charge in [0.15, 0.2) is 0 Å². The van der Waals surface area contributed by atoms with E-state index >= 15 is 0 Å². The Labute approximate surface area is 135 Å². The molecule has 1 amide bonds. The molecular weight excluding hydrogens is 290 g/mol. The fourth-order valence-electron chi connectivity index (χ4n) is 3.03. The van der Waals surface area contributed by atoms with E-state index in [0.29, 0.717) is 23.5 Å². The molecular formula is C17H19N5O. The van der Waals surface area contributed by atoms with Gasteiger partial charge in [0.2, 0.25) is 0 Å². The normalized spacial score (nSPS) is 17.7. The SMILES string of the molecule is Cc1nc(C(=O)N2CCCCC2Cn2cccn2)ccc1C#N. The molecule has 0 spiro atoms. The molecule has 0 aliphatic carbocycles. The van der Waals surface area contributed by atoms with Crippen molar-refractivity contribution in [2.24, 2.45) is 0 Å². The molecule has 0 bridgehead atoms. The lowest BCUT2D eigenvalue weighted by Gasteiger charge is -2.35. The van der Waals surface area contributed by atoms with Crippen molar-refractivity contribution in [3.05, 3.63) is 47.5 Å². The number of rotatable bonds is 3. The molecule has 1 fully saturated rings. The third-order valence-electron chi connectivity index (χ3n) is 4.27. The summed E-state index contributed by atoms with van der Waals surface area (Å²) in [6.45, 7) is 3.20. The van der Waals surface area contributed by atoms with Crippen LogP contribution in [0, 0.1) is 18.3 Å². The fraction of sp³-hybridized carbons (Fsp3) is 0.412. The van der Waals surface area contributed by atoms with Crippen LogP contribution in [0.15, 0.2) is 30.6 Å². The second kappa shape index (κ2) is 6.61. The summed E-state index contributed by atoms with van der Waals surface area (Å²) in [7, 11) is 0. The van der Waals surface area contributed by atoms with Gasteiger partial charge in [-0.3, -0.25) is 9.48 Å². The van der Waals surface area contributed by atoms with E-state index in [-0.39, 0.29) is 11.9 Å². The van der Waals surface area contributed by atoms with E-state index in [0.717, 1.165) is 25.8 Å². The number of nitriles is 1. The second-order valence-corrected chi connectivity index (χ2v) is 5.82. The predicted molar refractivity (Wildman–Crippen MR) is 84.6 cm³/mol. The smallest absolute Gasteiger partial charge is 0.272 e. The van der Waals surface area contributed by atoms with Gasteiger partial charge in [0, 0.05) is 18.9 Å². The number of carbonyl (C=O) groups excluding carboxylic acids is 1. The molecule has 2 aromatic rings. The highest BCUT2D eigenvalue weighted by Crippen LogP contribution is 2.21. The minimum absolute atomic E-state index is 0.0607. The molecule has 1 saturated heterocycles. The van der Waals surface area contributed by atoms with Gasteiger partial charge < -0.3 is 4.90 Å². The van der Waals surface area contributed by atoms with E-state index in [1.807, 2.05) is 21.8 Å². The Bertz CT molecular complexity index is 732. The minimum atomic E-state index is -0.0607.